The van der Waals surface area contributed by atoms with Gasteiger partial charge in [-0.3, -0.25) is 0 Å². The molecule has 0 atom stereocenters. The van der Waals surface area contributed by atoms with E-state index in [2.05, 4.69) is 22.2 Å². The normalized spacial score (nSPS) is 19.4. The molecule has 6 nitrogen and oxygen atoms in total. The fourth-order valence-corrected chi connectivity index (χ4v) is 3.96. The number of aromatic nitrogens is 2. The third-order valence-electron chi connectivity index (χ3n) is 5.40. The molecule has 2 aliphatic rings. The molecule has 1 aromatic heterocycles. The summed E-state index contributed by atoms with van der Waals surface area (Å²) in [5, 5.41) is 0. The number of likely N-dealkylation sites (tertiary alicyclic amines) is 2. The number of hydrogen-bond acceptors (Lipinski definition) is 4. The topological polar surface area (TPSA) is 50.6 Å². The quantitative estimate of drug-likeness (QED) is 0.788. The molecule has 0 spiro atoms. The summed E-state index contributed by atoms with van der Waals surface area (Å²) >= 11 is 0. The minimum atomic E-state index is -0.446. The number of imidazole rings is 1. The maximum absolute atomic E-state index is 12.3. The first-order valence-corrected chi connectivity index (χ1v) is 10.3. The number of hydrogen-bond donors (Lipinski definition) is 0. The number of carbonyl (C=O) groups excluding carboxylic acids is 1. The molecule has 0 radical (unpaired) electrons. The molecule has 3 heterocycles. The molecule has 0 aromatic carbocycles. The molecule has 0 unspecified atom stereocenters. The Morgan fingerprint density at radius 3 is 2.48 bits per heavy atom. The van der Waals surface area contributed by atoms with Gasteiger partial charge >= 0.3 is 6.09 Å². The first-order valence-electron chi connectivity index (χ1n) is 10.3. The zero-order valence-corrected chi connectivity index (χ0v) is 17.1. The van der Waals surface area contributed by atoms with Crippen LogP contribution in [0.3, 0.4) is 0 Å². The van der Waals surface area contributed by atoms with Crippen LogP contribution in [0.1, 0.15) is 63.9 Å². The lowest BCUT2D eigenvalue weighted by atomic mass is 9.96. The Bertz CT molecular complexity index is 648. The molecule has 2 saturated heterocycles. The molecular weight excluding hydrogens is 340 g/mol. The summed E-state index contributed by atoms with van der Waals surface area (Å²) in [4.78, 5) is 21.5. The van der Waals surface area contributed by atoms with Gasteiger partial charge in [0, 0.05) is 38.3 Å². The van der Waals surface area contributed by atoms with Crippen LogP contribution in [0.5, 0.6) is 0 Å². The van der Waals surface area contributed by atoms with E-state index >= 15 is 0 Å². The Kier molecular flexibility index (Phi) is 6.25. The Labute approximate surface area is 163 Å². The zero-order valence-electron chi connectivity index (χ0n) is 17.1. The molecule has 0 saturated carbocycles. The summed E-state index contributed by atoms with van der Waals surface area (Å²) in [6.45, 7) is 15.5. The summed E-state index contributed by atoms with van der Waals surface area (Å²) in [6.07, 6.45) is 8.23. The van der Waals surface area contributed by atoms with Gasteiger partial charge in [0.05, 0.1) is 5.69 Å². The number of carbonyl (C=O) groups is 1. The highest BCUT2D eigenvalue weighted by molar-refractivity contribution is 5.68. The molecule has 1 amide bonds. The lowest BCUT2D eigenvalue weighted by molar-refractivity contribution is 0.0202. The van der Waals surface area contributed by atoms with Crippen LogP contribution in [-0.2, 0) is 11.3 Å². The van der Waals surface area contributed by atoms with Crippen molar-refractivity contribution in [1.29, 1.82) is 0 Å². The van der Waals surface area contributed by atoms with E-state index in [1.165, 1.54) is 25.9 Å². The van der Waals surface area contributed by atoms with Gasteiger partial charge in [0.25, 0.3) is 0 Å². The lowest BCUT2D eigenvalue weighted by Gasteiger charge is -2.33. The number of rotatable bonds is 5. The summed E-state index contributed by atoms with van der Waals surface area (Å²) in [5.74, 6) is 1.53. The van der Waals surface area contributed by atoms with Crippen molar-refractivity contribution in [3.8, 4) is 0 Å². The summed E-state index contributed by atoms with van der Waals surface area (Å²) in [7, 11) is 0. The van der Waals surface area contributed by atoms with E-state index in [9.17, 15) is 4.79 Å². The minimum Gasteiger partial charge on any atom is -0.444 e. The van der Waals surface area contributed by atoms with E-state index in [1.54, 1.807) is 0 Å². The van der Waals surface area contributed by atoms with Crippen LogP contribution in [0.2, 0.25) is 0 Å². The Hall–Kier alpha value is -1.82. The van der Waals surface area contributed by atoms with E-state index in [4.69, 9.17) is 9.72 Å². The maximum Gasteiger partial charge on any atom is 0.410 e. The van der Waals surface area contributed by atoms with Crippen LogP contribution >= 0.6 is 0 Å². The van der Waals surface area contributed by atoms with Crippen molar-refractivity contribution in [3.05, 3.63) is 24.3 Å². The van der Waals surface area contributed by atoms with Crippen LogP contribution in [0, 0.1) is 0 Å². The van der Waals surface area contributed by atoms with Gasteiger partial charge in [-0.15, -0.1) is 0 Å². The highest BCUT2D eigenvalue weighted by Gasteiger charge is 2.29. The summed E-state index contributed by atoms with van der Waals surface area (Å²) in [5.41, 5.74) is 0.500. The smallest absolute Gasteiger partial charge is 0.410 e. The van der Waals surface area contributed by atoms with E-state index in [1.807, 2.05) is 31.7 Å². The zero-order chi connectivity index (χ0) is 19.4. The SMILES string of the molecule is C=Cc1cn(CCN2CCCC2)c(C2CCN(C(=O)OC(C)(C)C)CC2)n1. The number of ether oxygens (including phenoxy) is 1. The van der Waals surface area contributed by atoms with Gasteiger partial charge in [0.15, 0.2) is 0 Å². The van der Waals surface area contributed by atoms with Gasteiger partial charge in [0.1, 0.15) is 11.4 Å². The van der Waals surface area contributed by atoms with Gasteiger partial charge in [0.2, 0.25) is 0 Å². The van der Waals surface area contributed by atoms with Crippen molar-refractivity contribution in [2.45, 2.75) is 64.5 Å². The molecule has 3 rings (SSSR count). The summed E-state index contributed by atoms with van der Waals surface area (Å²) < 4.78 is 7.81. The lowest BCUT2D eigenvalue weighted by Crippen LogP contribution is -2.41. The van der Waals surface area contributed by atoms with Gasteiger partial charge < -0.3 is 19.1 Å². The largest absolute Gasteiger partial charge is 0.444 e. The van der Waals surface area contributed by atoms with Crippen molar-refractivity contribution in [2.75, 3.05) is 32.7 Å². The van der Waals surface area contributed by atoms with E-state index < -0.39 is 5.60 Å². The molecular formula is C21H34N4O2. The third kappa shape index (κ3) is 5.34. The van der Waals surface area contributed by atoms with Gasteiger partial charge in [-0.05, 0) is 65.6 Å². The molecule has 6 heteroatoms. The molecule has 0 bridgehead atoms. The van der Waals surface area contributed by atoms with E-state index in [-0.39, 0.29) is 6.09 Å². The Balaban J connectivity index is 1.60. The van der Waals surface area contributed by atoms with Crippen LogP contribution in [0.15, 0.2) is 12.8 Å². The van der Waals surface area contributed by atoms with Crippen molar-refractivity contribution in [2.24, 2.45) is 0 Å². The minimum absolute atomic E-state index is 0.204. The molecule has 150 valence electrons. The second-order valence-electron chi connectivity index (χ2n) is 8.71. The fourth-order valence-electron chi connectivity index (χ4n) is 3.96. The molecule has 0 N–H and O–H groups in total. The standard InChI is InChI=1S/C21H34N4O2/c1-5-18-16-25(15-14-23-10-6-7-11-23)19(22-18)17-8-12-24(13-9-17)20(26)27-21(2,3)4/h5,16-17H,1,6-15H2,2-4H3. The van der Waals surface area contributed by atoms with E-state index in [0.29, 0.717) is 5.92 Å². The van der Waals surface area contributed by atoms with Gasteiger partial charge in [-0.1, -0.05) is 6.58 Å². The molecule has 27 heavy (non-hydrogen) atoms. The average Bonchev–Trinajstić information content (AvgIpc) is 3.28. The van der Waals surface area contributed by atoms with Gasteiger partial charge in [-0.2, -0.15) is 0 Å². The van der Waals surface area contributed by atoms with Crippen molar-refractivity contribution < 1.29 is 9.53 Å². The second kappa shape index (κ2) is 8.46. The maximum atomic E-state index is 12.3. The molecule has 1 aromatic rings. The van der Waals surface area contributed by atoms with E-state index in [0.717, 1.165) is 50.5 Å². The number of piperidine rings is 1. The average molecular weight is 375 g/mol. The van der Waals surface area contributed by atoms with Crippen LogP contribution < -0.4 is 0 Å². The second-order valence-corrected chi connectivity index (χ2v) is 8.71. The summed E-state index contributed by atoms with van der Waals surface area (Å²) in [6, 6.07) is 0. The Morgan fingerprint density at radius 1 is 1.22 bits per heavy atom. The molecule has 0 aliphatic carbocycles. The predicted molar refractivity (Wildman–Crippen MR) is 108 cm³/mol. The highest BCUT2D eigenvalue weighted by atomic mass is 16.6. The third-order valence-corrected chi connectivity index (χ3v) is 5.40. The van der Waals surface area contributed by atoms with Crippen LogP contribution in [0.4, 0.5) is 4.79 Å². The first-order chi connectivity index (χ1) is 12.9. The Morgan fingerprint density at radius 2 is 1.89 bits per heavy atom. The first kappa shape index (κ1) is 19.9. The van der Waals surface area contributed by atoms with Gasteiger partial charge in [-0.25, -0.2) is 9.78 Å². The molecule has 2 aliphatic heterocycles. The fraction of sp³-hybridized carbons (Fsp3) is 0.714. The number of amides is 1. The highest BCUT2D eigenvalue weighted by Crippen LogP contribution is 2.29. The van der Waals surface area contributed by atoms with Crippen molar-refractivity contribution in [3.63, 3.8) is 0 Å². The van der Waals surface area contributed by atoms with Crippen LogP contribution in [0.25, 0.3) is 6.08 Å². The molecule has 2 fully saturated rings. The number of nitrogens with zero attached hydrogens (tertiary/aromatic N) is 4. The monoisotopic (exact) mass is 374 g/mol. The van der Waals surface area contributed by atoms with Crippen molar-refractivity contribution in [1.82, 2.24) is 19.4 Å². The van der Waals surface area contributed by atoms with Crippen molar-refractivity contribution >= 4 is 12.2 Å². The van der Waals surface area contributed by atoms with Crippen LogP contribution in [-0.4, -0.2) is 63.8 Å². The predicted octanol–water partition coefficient (Wildman–Crippen LogP) is 3.74.